The average molecular weight is 426 g/mol. The van der Waals surface area contributed by atoms with Gasteiger partial charge in [0.1, 0.15) is 0 Å². The molecule has 0 fully saturated rings. The number of pyridine rings is 2. The summed E-state index contributed by atoms with van der Waals surface area (Å²) in [5.74, 6) is -2.17. The van der Waals surface area contributed by atoms with Gasteiger partial charge in [0.05, 0.1) is 0 Å². The predicted octanol–water partition coefficient (Wildman–Crippen LogP) is -0.195. The van der Waals surface area contributed by atoms with E-state index in [1.807, 2.05) is 62.3 Å². The molecule has 0 aliphatic rings. The molecule has 0 saturated heterocycles. The van der Waals surface area contributed by atoms with Crippen molar-refractivity contribution in [1.82, 2.24) is 9.97 Å². The second-order valence-corrected chi connectivity index (χ2v) is 5.18. The zero-order chi connectivity index (χ0) is 20.5. The Morgan fingerprint density at radius 3 is 1.00 bits per heavy atom. The van der Waals surface area contributed by atoms with Crippen LogP contribution in [0.25, 0.3) is 0 Å². The van der Waals surface area contributed by atoms with Gasteiger partial charge in [0.25, 0.3) is 0 Å². The maximum atomic E-state index is 8.89. The summed E-state index contributed by atoms with van der Waals surface area (Å²) in [4.78, 5) is 29.7. The number of carbonyl (C=O) groups is 2. The minimum atomic E-state index is -1.08. The summed E-state index contributed by atoms with van der Waals surface area (Å²) in [7, 11) is 8.04. The van der Waals surface area contributed by atoms with Crippen molar-refractivity contribution in [2.45, 2.75) is 13.8 Å². The third-order valence-corrected chi connectivity index (χ3v) is 2.36. The largest absolute Gasteiger partial charge is 2.00 e. The first-order valence-electron chi connectivity index (χ1n) is 7.57. The fourth-order valence-corrected chi connectivity index (χ4v) is 1.28. The fourth-order valence-electron chi connectivity index (χ4n) is 1.28. The summed E-state index contributed by atoms with van der Waals surface area (Å²) in [6.45, 7) is 1.94. The van der Waals surface area contributed by atoms with Crippen LogP contribution in [-0.2, 0) is 26.7 Å². The summed E-state index contributed by atoms with van der Waals surface area (Å²) in [6, 6.07) is 7.89. The van der Waals surface area contributed by atoms with Crippen LogP contribution < -0.4 is 20.0 Å². The Morgan fingerprint density at radius 1 is 0.704 bits per heavy atom. The molecule has 0 aliphatic heterocycles. The topological polar surface area (TPSA) is 113 Å². The van der Waals surface area contributed by atoms with Crippen LogP contribution in [-0.4, -0.2) is 50.1 Å². The van der Waals surface area contributed by atoms with Crippen molar-refractivity contribution in [2.24, 2.45) is 0 Å². The molecule has 2 rings (SSSR count). The number of hydrogen-bond acceptors (Lipinski definition) is 8. The summed E-state index contributed by atoms with van der Waals surface area (Å²) in [6.07, 6.45) is 7.15. The van der Waals surface area contributed by atoms with Crippen molar-refractivity contribution in [3.05, 3.63) is 49.1 Å². The molecule has 0 spiro atoms. The van der Waals surface area contributed by atoms with Gasteiger partial charge in [-0.1, -0.05) is 0 Å². The van der Waals surface area contributed by atoms with Crippen LogP contribution in [0.4, 0.5) is 11.4 Å². The number of carbonyl (C=O) groups excluding carboxylic acids is 2. The van der Waals surface area contributed by atoms with Gasteiger partial charge in [0, 0.05) is 76.3 Å². The van der Waals surface area contributed by atoms with Gasteiger partial charge in [0.15, 0.2) is 0 Å². The molecule has 0 aromatic carbocycles. The molecule has 0 aliphatic carbocycles. The third kappa shape index (κ3) is 23.4. The van der Waals surface area contributed by atoms with Crippen molar-refractivity contribution >= 4 is 23.3 Å². The van der Waals surface area contributed by atoms with E-state index in [0.717, 1.165) is 13.8 Å². The van der Waals surface area contributed by atoms with Crippen LogP contribution in [0, 0.1) is 0 Å². The van der Waals surface area contributed by atoms with Crippen LogP contribution in [0.3, 0.4) is 0 Å². The molecule has 2 aromatic rings. The number of rotatable bonds is 2. The van der Waals surface area contributed by atoms with Crippen LogP contribution in [0.15, 0.2) is 49.1 Å². The minimum absolute atomic E-state index is 0. The molecule has 2 heterocycles. The molecule has 0 saturated carbocycles. The van der Waals surface area contributed by atoms with E-state index in [0.29, 0.717) is 0 Å². The van der Waals surface area contributed by atoms with Gasteiger partial charge in [0.2, 0.25) is 0 Å². The number of aromatic nitrogens is 2. The first-order chi connectivity index (χ1) is 12.1. The molecule has 0 unspecified atom stereocenters. The normalized spacial score (nSPS) is 7.93. The zero-order valence-corrected chi connectivity index (χ0v) is 17.3. The van der Waals surface area contributed by atoms with E-state index < -0.39 is 11.9 Å². The van der Waals surface area contributed by atoms with Crippen LogP contribution in [0.5, 0.6) is 0 Å². The molecule has 9 heteroatoms. The molecule has 0 atom stereocenters. The Labute approximate surface area is 171 Å². The summed E-state index contributed by atoms with van der Waals surface area (Å²) in [5.41, 5.74) is 2.37. The second-order valence-electron chi connectivity index (χ2n) is 5.18. The quantitative estimate of drug-likeness (QED) is 0.608. The maximum absolute atomic E-state index is 8.89. The zero-order valence-electron chi connectivity index (χ0n) is 16.3. The molecule has 0 N–H and O–H groups in total. The Kier molecular flexibility index (Phi) is 19.6. The van der Waals surface area contributed by atoms with Gasteiger partial charge < -0.3 is 29.6 Å². The van der Waals surface area contributed by atoms with E-state index >= 15 is 0 Å². The molecule has 1 radical (unpaired) electrons. The Bertz CT molecular complexity index is 548. The Morgan fingerprint density at radius 2 is 0.889 bits per heavy atom. The number of hydrogen-bond donors (Lipinski definition) is 0. The van der Waals surface area contributed by atoms with Crippen molar-refractivity contribution in [2.75, 3.05) is 38.0 Å². The molecular formula is C18H26CuN4O4. The molecule has 2 aromatic heterocycles. The average Bonchev–Trinajstić information content (AvgIpc) is 2.56. The van der Waals surface area contributed by atoms with Crippen molar-refractivity contribution in [3.63, 3.8) is 0 Å². The maximum Gasteiger partial charge on any atom is 2.00 e. The van der Waals surface area contributed by atoms with Crippen molar-refractivity contribution < 1.29 is 36.9 Å². The first kappa shape index (κ1) is 29.1. The first-order valence-corrected chi connectivity index (χ1v) is 7.57. The molecule has 0 bridgehead atoms. The van der Waals surface area contributed by atoms with E-state index in [-0.39, 0.29) is 17.1 Å². The van der Waals surface area contributed by atoms with E-state index in [1.54, 1.807) is 24.8 Å². The number of anilines is 2. The number of aliphatic carboxylic acids is 2. The third-order valence-electron chi connectivity index (χ3n) is 2.36. The molecule has 153 valence electrons. The molecular weight excluding hydrogens is 400 g/mol. The smallest absolute Gasteiger partial charge is 0.550 e. The SMILES string of the molecule is CC(=O)[O-].CC(=O)[O-].CN(C)c1ccncc1.CN(C)c1ccncc1.[Cu+2]. The van der Waals surface area contributed by atoms with E-state index in [1.165, 1.54) is 11.4 Å². The number of carboxylic acid groups (broad SMARTS) is 2. The number of nitrogens with zero attached hydrogens (tertiary/aromatic N) is 4. The Hall–Kier alpha value is -2.64. The van der Waals surface area contributed by atoms with Gasteiger partial charge >= 0.3 is 17.1 Å². The van der Waals surface area contributed by atoms with E-state index in [2.05, 4.69) is 9.97 Å². The van der Waals surface area contributed by atoms with Gasteiger partial charge in [-0.2, -0.15) is 0 Å². The summed E-state index contributed by atoms with van der Waals surface area (Å²) < 4.78 is 0. The predicted molar refractivity (Wildman–Crippen MR) is 98.5 cm³/mol. The van der Waals surface area contributed by atoms with Gasteiger partial charge in [-0.25, -0.2) is 0 Å². The summed E-state index contributed by atoms with van der Waals surface area (Å²) >= 11 is 0. The van der Waals surface area contributed by atoms with Crippen LogP contribution in [0.1, 0.15) is 13.8 Å². The van der Waals surface area contributed by atoms with Crippen molar-refractivity contribution in [1.29, 1.82) is 0 Å². The number of carboxylic acids is 2. The second kappa shape index (κ2) is 18.2. The van der Waals surface area contributed by atoms with E-state index in [4.69, 9.17) is 19.8 Å². The monoisotopic (exact) mass is 425 g/mol. The summed E-state index contributed by atoms with van der Waals surface area (Å²) in [5, 5.41) is 17.8. The van der Waals surface area contributed by atoms with Gasteiger partial charge in [-0.05, 0) is 38.1 Å². The minimum Gasteiger partial charge on any atom is -0.550 e. The standard InChI is InChI=1S/2C7H10N2.2C2H4O2.Cu/c2*1-9(2)7-3-5-8-6-4-7;2*1-2(3)4;/h2*3-6H,1-2H3;2*1H3,(H,3,4);/q;;;;+2/p-2. The molecule has 27 heavy (non-hydrogen) atoms. The van der Waals surface area contributed by atoms with Crippen LogP contribution >= 0.6 is 0 Å². The molecule has 0 amide bonds. The van der Waals surface area contributed by atoms with Crippen LogP contribution in [0.2, 0.25) is 0 Å². The fraction of sp³-hybridized carbons (Fsp3) is 0.333. The van der Waals surface area contributed by atoms with Gasteiger partial charge in [-0.15, -0.1) is 0 Å². The molecule has 8 nitrogen and oxygen atoms in total. The Balaban J connectivity index is -0.000000303. The van der Waals surface area contributed by atoms with Gasteiger partial charge in [-0.3, -0.25) is 9.97 Å². The van der Waals surface area contributed by atoms with E-state index in [9.17, 15) is 0 Å². The van der Waals surface area contributed by atoms with Crippen molar-refractivity contribution in [3.8, 4) is 0 Å².